The van der Waals surface area contributed by atoms with Crippen LogP contribution in [0.25, 0.3) is 0 Å². The standard InChI is InChI=1S/C14H19N3O/c1-5-14(6-2,9-15)13(18)17-12-8-10(3)7-11(4)16-12/h7-8H,5-6H2,1-4H3,(H,16,17,18). The van der Waals surface area contributed by atoms with Crippen molar-refractivity contribution in [2.75, 3.05) is 5.32 Å². The van der Waals surface area contributed by atoms with Crippen molar-refractivity contribution in [3.8, 4) is 6.07 Å². The number of carbonyl (C=O) groups is 1. The highest BCUT2D eigenvalue weighted by molar-refractivity contribution is 5.96. The summed E-state index contributed by atoms with van der Waals surface area (Å²) in [6.45, 7) is 7.52. The van der Waals surface area contributed by atoms with Gasteiger partial charge in [0.25, 0.3) is 0 Å². The zero-order valence-electron chi connectivity index (χ0n) is 11.4. The summed E-state index contributed by atoms with van der Waals surface area (Å²) >= 11 is 0. The quantitative estimate of drug-likeness (QED) is 0.886. The molecule has 0 radical (unpaired) electrons. The molecule has 0 aliphatic carbocycles. The van der Waals surface area contributed by atoms with E-state index in [9.17, 15) is 10.1 Å². The molecular formula is C14H19N3O. The highest BCUT2D eigenvalue weighted by Gasteiger charge is 2.35. The molecule has 4 heteroatoms. The number of nitrogens with one attached hydrogen (secondary N) is 1. The number of nitrogens with zero attached hydrogens (tertiary/aromatic N) is 2. The van der Waals surface area contributed by atoms with E-state index in [0.29, 0.717) is 18.7 Å². The van der Waals surface area contributed by atoms with Crippen LogP contribution in [0.1, 0.15) is 37.9 Å². The molecule has 1 heterocycles. The fourth-order valence-corrected chi connectivity index (χ4v) is 1.92. The number of hydrogen-bond acceptors (Lipinski definition) is 3. The Hall–Kier alpha value is -1.89. The van der Waals surface area contributed by atoms with Crippen LogP contribution in [-0.2, 0) is 4.79 Å². The van der Waals surface area contributed by atoms with Crippen molar-refractivity contribution in [1.82, 2.24) is 4.98 Å². The fourth-order valence-electron chi connectivity index (χ4n) is 1.92. The van der Waals surface area contributed by atoms with Gasteiger partial charge >= 0.3 is 0 Å². The number of nitriles is 1. The van der Waals surface area contributed by atoms with Gasteiger partial charge in [-0.2, -0.15) is 5.26 Å². The molecule has 18 heavy (non-hydrogen) atoms. The van der Waals surface area contributed by atoms with Gasteiger partial charge in [0.05, 0.1) is 6.07 Å². The van der Waals surface area contributed by atoms with Gasteiger partial charge in [-0.05, 0) is 44.4 Å². The molecule has 0 bridgehead atoms. The van der Waals surface area contributed by atoms with E-state index in [0.717, 1.165) is 11.3 Å². The van der Waals surface area contributed by atoms with E-state index in [1.807, 2.05) is 33.8 Å². The van der Waals surface area contributed by atoms with E-state index >= 15 is 0 Å². The van der Waals surface area contributed by atoms with Crippen molar-refractivity contribution in [3.63, 3.8) is 0 Å². The monoisotopic (exact) mass is 245 g/mol. The first-order valence-electron chi connectivity index (χ1n) is 6.15. The second-order valence-electron chi connectivity index (χ2n) is 4.53. The van der Waals surface area contributed by atoms with Gasteiger partial charge in [-0.15, -0.1) is 0 Å². The van der Waals surface area contributed by atoms with Crippen LogP contribution in [0, 0.1) is 30.6 Å². The molecule has 4 nitrogen and oxygen atoms in total. The van der Waals surface area contributed by atoms with Crippen LogP contribution in [0.3, 0.4) is 0 Å². The minimum absolute atomic E-state index is 0.271. The van der Waals surface area contributed by atoms with Crippen LogP contribution in [0.4, 0.5) is 5.82 Å². The first-order valence-corrected chi connectivity index (χ1v) is 6.15. The van der Waals surface area contributed by atoms with Crippen molar-refractivity contribution in [1.29, 1.82) is 5.26 Å². The molecule has 0 spiro atoms. The molecule has 0 fully saturated rings. The molecule has 1 aromatic heterocycles. The van der Waals surface area contributed by atoms with E-state index in [1.54, 1.807) is 6.07 Å². The molecule has 0 unspecified atom stereocenters. The number of hydrogen-bond donors (Lipinski definition) is 1. The SMILES string of the molecule is CCC(C#N)(CC)C(=O)Nc1cc(C)cc(C)n1. The van der Waals surface area contributed by atoms with E-state index in [2.05, 4.69) is 16.4 Å². The fraction of sp³-hybridized carbons (Fsp3) is 0.500. The lowest BCUT2D eigenvalue weighted by atomic mass is 9.83. The van der Waals surface area contributed by atoms with Crippen molar-refractivity contribution in [2.24, 2.45) is 5.41 Å². The van der Waals surface area contributed by atoms with Crippen molar-refractivity contribution in [2.45, 2.75) is 40.5 Å². The van der Waals surface area contributed by atoms with Crippen molar-refractivity contribution in [3.05, 3.63) is 23.4 Å². The minimum Gasteiger partial charge on any atom is -0.309 e. The van der Waals surface area contributed by atoms with Gasteiger partial charge in [-0.1, -0.05) is 13.8 Å². The van der Waals surface area contributed by atoms with Crippen LogP contribution < -0.4 is 5.32 Å². The molecule has 0 aromatic carbocycles. The molecule has 1 N–H and O–H groups in total. The summed E-state index contributed by atoms with van der Waals surface area (Å²) in [5.41, 5.74) is 0.925. The lowest BCUT2D eigenvalue weighted by Gasteiger charge is -2.21. The zero-order valence-corrected chi connectivity index (χ0v) is 11.4. The van der Waals surface area contributed by atoms with Crippen LogP contribution in [0.5, 0.6) is 0 Å². The average molecular weight is 245 g/mol. The lowest BCUT2D eigenvalue weighted by molar-refractivity contribution is -0.123. The Morgan fingerprint density at radius 3 is 2.44 bits per heavy atom. The van der Waals surface area contributed by atoms with Gasteiger partial charge < -0.3 is 5.32 Å². The summed E-state index contributed by atoms with van der Waals surface area (Å²) in [5.74, 6) is 0.242. The molecule has 0 aliphatic heterocycles. The maximum Gasteiger partial charge on any atom is 0.245 e. The van der Waals surface area contributed by atoms with Gasteiger partial charge in [0.2, 0.25) is 5.91 Å². The van der Waals surface area contributed by atoms with E-state index < -0.39 is 5.41 Å². The summed E-state index contributed by atoms with van der Waals surface area (Å²) in [4.78, 5) is 16.4. The molecule has 1 rings (SSSR count). The minimum atomic E-state index is -0.959. The first-order chi connectivity index (χ1) is 8.47. The number of aromatic nitrogens is 1. The third-order valence-corrected chi connectivity index (χ3v) is 3.20. The Morgan fingerprint density at radius 2 is 2.00 bits per heavy atom. The Bertz CT molecular complexity index is 464. The Labute approximate surface area is 108 Å². The summed E-state index contributed by atoms with van der Waals surface area (Å²) in [5, 5.41) is 11.9. The third-order valence-electron chi connectivity index (χ3n) is 3.20. The third kappa shape index (κ3) is 2.86. The Kier molecular flexibility index (Phi) is 4.43. The number of aryl methyl sites for hydroxylation is 2. The second-order valence-corrected chi connectivity index (χ2v) is 4.53. The van der Waals surface area contributed by atoms with Gasteiger partial charge in [-0.3, -0.25) is 4.79 Å². The Morgan fingerprint density at radius 1 is 1.39 bits per heavy atom. The number of carbonyl (C=O) groups excluding carboxylic acids is 1. The predicted molar refractivity (Wildman–Crippen MR) is 71.0 cm³/mol. The number of anilines is 1. The summed E-state index contributed by atoms with van der Waals surface area (Å²) in [6.07, 6.45) is 0.993. The molecule has 0 aliphatic rings. The van der Waals surface area contributed by atoms with Crippen LogP contribution in [-0.4, -0.2) is 10.9 Å². The number of amides is 1. The lowest BCUT2D eigenvalue weighted by Crippen LogP contribution is -2.34. The van der Waals surface area contributed by atoms with E-state index in [4.69, 9.17) is 0 Å². The molecule has 0 saturated carbocycles. The smallest absolute Gasteiger partial charge is 0.245 e. The average Bonchev–Trinajstić information content (AvgIpc) is 2.30. The highest BCUT2D eigenvalue weighted by atomic mass is 16.2. The van der Waals surface area contributed by atoms with Crippen molar-refractivity contribution < 1.29 is 4.79 Å². The van der Waals surface area contributed by atoms with Crippen molar-refractivity contribution >= 4 is 11.7 Å². The van der Waals surface area contributed by atoms with Gasteiger partial charge in [0.15, 0.2) is 0 Å². The van der Waals surface area contributed by atoms with Crippen LogP contribution in [0.15, 0.2) is 12.1 Å². The normalized spacial score (nSPS) is 10.8. The maximum absolute atomic E-state index is 12.2. The van der Waals surface area contributed by atoms with Crippen LogP contribution in [0.2, 0.25) is 0 Å². The highest BCUT2D eigenvalue weighted by Crippen LogP contribution is 2.27. The van der Waals surface area contributed by atoms with E-state index in [-0.39, 0.29) is 5.91 Å². The number of rotatable bonds is 4. The molecule has 1 aromatic rings. The molecule has 0 saturated heterocycles. The van der Waals surface area contributed by atoms with Gasteiger partial charge in [0.1, 0.15) is 11.2 Å². The summed E-state index contributed by atoms with van der Waals surface area (Å²) < 4.78 is 0. The van der Waals surface area contributed by atoms with Crippen LogP contribution >= 0.6 is 0 Å². The molecule has 0 atom stereocenters. The van der Waals surface area contributed by atoms with E-state index in [1.165, 1.54) is 0 Å². The topological polar surface area (TPSA) is 65.8 Å². The predicted octanol–water partition coefficient (Wildman–Crippen LogP) is 2.97. The molecular weight excluding hydrogens is 226 g/mol. The van der Waals surface area contributed by atoms with Gasteiger partial charge in [0, 0.05) is 5.69 Å². The molecule has 1 amide bonds. The summed E-state index contributed by atoms with van der Waals surface area (Å²) in [7, 11) is 0. The summed E-state index contributed by atoms with van der Waals surface area (Å²) in [6, 6.07) is 5.87. The second kappa shape index (κ2) is 5.63. The maximum atomic E-state index is 12.2. The zero-order chi connectivity index (χ0) is 13.8. The first kappa shape index (κ1) is 14.2. The Balaban J connectivity index is 2.97. The molecule has 96 valence electrons. The van der Waals surface area contributed by atoms with Gasteiger partial charge in [-0.25, -0.2) is 4.98 Å². The number of pyridine rings is 1. The largest absolute Gasteiger partial charge is 0.309 e.